The van der Waals surface area contributed by atoms with Gasteiger partial charge in [0.15, 0.2) is 0 Å². The number of fused-ring (bicyclic) bond motifs is 6. The summed E-state index contributed by atoms with van der Waals surface area (Å²) in [5.74, 6) is 0.429. The van der Waals surface area contributed by atoms with Crippen molar-refractivity contribution in [3.63, 3.8) is 0 Å². The van der Waals surface area contributed by atoms with Crippen molar-refractivity contribution < 1.29 is 7.48 Å². The van der Waals surface area contributed by atoms with Crippen LogP contribution < -0.4 is 4.74 Å². The molecule has 0 N–H and O–H groups in total. The Labute approximate surface area is 311 Å². The Morgan fingerprint density at radius 3 is 1.98 bits per heavy atom. The van der Waals surface area contributed by atoms with E-state index in [9.17, 15) is 2.74 Å². The van der Waals surface area contributed by atoms with Gasteiger partial charge in [0, 0.05) is 48.7 Å². The largest absolute Gasteiger partial charge is 0.457 e. The average Bonchev–Trinajstić information content (AvgIpc) is 3.87. The summed E-state index contributed by atoms with van der Waals surface area (Å²) in [5, 5.41) is 13.0. The van der Waals surface area contributed by atoms with E-state index < -0.39 is 11.8 Å². The number of nitrogens with zero attached hydrogens (tertiary/aromatic N) is 6. The van der Waals surface area contributed by atoms with Crippen molar-refractivity contribution in [2.75, 3.05) is 0 Å². The van der Waals surface area contributed by atoms with Gasteiger partial charge in [-0.3, -0.25) is 4.57 Å². The Balaban J connectivity index is 1.28. The monoisotopic (exact) mass is 696 g/mol. The fraction of sp³-hybridized carbons (Fsp3) is 0.196. The number of hydrogen-bond acceptors (Lipinski definition) is 4. The maximum absolute atomic E-state index is 9.20. The third kappa shape index (κ3) is 5.29. The molecule has 9 rings (SSSR count). The van der Waals surface area contributed by atoms with Crippen LogP contribution in [-0.4, -0.2) is 29.1 Å². The summed E-state index contributed by atoms with van der Waals surface area (Å²) < 4.78 is 29.5. The van der Waals surface area contributed by atoms with E-state index in [0.29, 0.717) is 5.75 Å². The number of pyridine rings is 1. The first-order chi connectivity index (χ1) is 26.3. The molecule has 7 nitrogen and oxygen atoms in total. The van der Waals surface area contributed by atoms with Gasteiger partial charge < -0.3 is 9.30 Å². The van der Waals surface area contributed by atoms with Crippen LogP contribution in [0.5, 0.6) is 11.5 Å². The molecular weight excluding hydrogens is 653 g/mol. The van der Waals surface area contributed by atoms with E-state index in [4.69, 9.17) is 9.72 Å². The zero-order valence-electron chi connectivity index (χ0n) is 33.1. The highest BCUT2D eigenvalue weighted by Gasteiger charge is 2.22. The molecule has 0 fully saturated rings. The van der Waals surface area contributed by atoms with Crippen LogP contribution >= 0.6 is 0 Å². The maximum Gasteiger partial charge on any atom is 0.139 e. The molecule has 9 aromatic rings. The smallest absolute Gasteiger partial charge is 0.139 e. The molecule has 0 saturated heterocycles. The molecule has 7 heteroatoms. The lowest BCUT2D eigenvalue weighted by Gasteiger charge is -2.17. The third-order valence-corrected chi connectivity index (χ3v) is 10.4. The van der Waals surface area contributed by atoms with Crippen molar-refractivity contribution in [2.45, 2.75) is 60.3 Å². The van der Waals surface area contributed by atoms with Crippen molar-refractivity contribution >= 4 is 43.6 Å². The van der Waals surface area contributed by atoms with E-state index in [1.165, 1.54) is 5.56 Å². The molecule has 0 atom stereocenters. The number of aryl methyl sites for hydroxylation is 3. The van der Waals surface area contributed by atoms with Crippen LogP contribution in [0.1, 0.15) is 70.0 Å². The second kappa shape index (κ2) is 12.5. The summed E-state index contributed by atoms with van der Waals surface area (Å²) >= 11 is 0. The first kappa shape index (κ1) is 30.4. The van der Waals surface area contributed by atoms with Gasteiger partial charge in [-0.1, -0.05) is 81.8 Å². The van der Waals surface area contributed by atoms with Crippen molar-refractivity contribution in [1.82, 2.24) is 29.1 Å². The van der Waals surface area contributed by atoms with Gasteiger partial charge in [0.1, 0.15) is 17.3 Å². The van der Waals surface area contributed by atoms with Gasteiger partial charge >= 0.3 is 0 Å². The van der Waals surface area contributed by atoms with Crippen LogP contribution in [0.15, 0.2) is 116 Å². The summed E-state index contributed by atoms with van der Waals surface area (Å²) in [6, 6.07) is 33.5. The van der Waals surface area contributed by atoms with Gasteiger partial charge in [-0.2, -0.15) is 15.0 Å². The van der Waals surface area contributed by atoms with E-state index in [2.05, 4.69) is 93.0 Å². The van der Waals surface area contributed by atoms with Crippen LogP contribution in [0.2, 0.25) is 0 Å². The standard InChI is InChI=1S/C46H42N6O/c1-27(2)34-10-8-12-37-38-13-9-11-35(28(3)4)46(38)50(45(34)37)32-18-19-47-44(24-32)51-40-17-14-29(5)22-39(40)36-16-15-33(25-42(36)51)53-43-26-41(30(6)23-31(43)7)52-48-20-21-49-52/h8-28H,1-7H3/i27D,28D. The van der Waals surface area contributed by atoms with Crippen LogP contribution in [0.3, 0.4) is 0 Å². The highest BCUT2D eigenvalue weighted by molar-refractivity contribution is 6.12. The van der Waals surface area contributed by atoms with Gasteiger partial charge in [0.05, 0.1) is 45.8 Å². The molecule has 5 aromatic carbocycles. The van der Waals surface area contributed by atoms with Crippen LogP contribution in [0, 0.1) is 20.8 Å². The minimum absolute atomic E-state index is 0.697. The third-order valence-electron chi connectivity index (χ3n) is 10.4. The summed E-state index contributed by atoms with van der Waals surface area (Å²) in [5.41, 5.74) is 10.8. The molecule has 53 heavy (non-hydrogen) atoms. The number of para-hydroxylation sites is 2. The number of hydrogen-bond donors (Lipinski definition) is 0. The first-order valence-corrected chi connectivity index (χ1v) is 18.0. The predicted octanol–water partition coefficient (Wildman–Crippen LogP) is 11.8. The van der Waals surface area contributed by atoms with Crippen LogP contribution in [-0.2, 0) is 0 Å². The fourth-order valence-electron chi connectivity index (χ4n) is 7.89. The summed E-state index contributed by atoms with van der Waals surface area (Å²) in [6.07, 6.45) is 5.20. The van der Waals surface area contributed by atoms with Gasteiger partial charge in [0.2, 0.25) is 0 Å². The highest BCUT2D eigenvalue weighted by Crippen LogP contribution is 2.41. The maximum atomic E-state index is 9.20. The number of benzene rings is 5. The van der Waals surface area contributed by atoms with Crippen molar-refractivity contribution in [3.05, 3.63) is 143 Å². The topological polar surface area (TPSA) is 62.7 Å². The van der Waals surface area contributed by atoms with Gasteiger partial charge in [-0.25, -0.2) is 4.98 Å². The minimum atomic E-state index is -0.870. The lowest BCUT2D eigenvalue weighted by Crippen LogP contribution is -2.04. The predicted molar refractivity (Wildman–Crippen MR) is 217 cm³/mol. The molecular formula is C46H42N6O. The van der Waals surface area contributed by atoms with Crippen molar-refractivity contribution in [2.24, 2.45) is 0 Å². The SMILES string of the molecule is [2H]C(C)(C)c1cccc2c3cccc(C([2H])(C)C)c3n(-c3ccnc(-n4c5ccc(C)cc5c5ccc(Oc6cc(-n7nccn7)c(C)cc6C)cc54)c3)c12. The highest BCUT2D eigenvalue weighted by atomic mass is 16.5. The molecule has 262 valence electrons. The van der Waals surface area contributed by atoms with E-state index in [1.54, 1.807) is 17.2 Å². The van der Waals surface area contributed by atoms with Gasteiger partial charge in [0.25, 0.3) is 0 Å². The molecule has 4 aromatic heterocycles. The number of ether oxygens (including phenoxy) is 1. The lowest BCUT2D eigenvalue weighted by molar-refractivity contribution is 0.478. The van der Waals surface area contributed by atoms with Gasteiger partial charge in [-0.15, -0.1) is 0 Å². The molecule has 0 amide bonds. The Bertz CT molecular complexity index is 2890. The molecule has 0 spiro atoms. The Morgan fingerprint density at radius 1 is 0.604 bits per heavy atom. The Morgan fingerprint density at radius 2 is 1.30 bits per heavy atom. The van der Waals surface area contributed by atoms with Crippen molar-refractivity contribution in [1.29, 1.82) is 0 Å². The number of aromatic nitrogens is 6. The van der Waals surface area contributed by atoms with Gasteiger partial charge in [-0.05, 0) is 85.1 Å². The lowest BCUT2D eigenvalue weighted by atomic mass is 9.98. The molecule has 4 heterocycles. The zero-order chi connectivity index (χ0) is 38.4. The van der Waals surface area contributed by atoms with E-state index in [1.807, 2.05) is 78.1 Å². The van der Waals surface area contributed by atoms with E-state index >= 15 is 0 Å². The molecule has 0 aliphatic heterocycles. The molecule has 0 radical (unpaired) electrons. The normalized spacial score (nSPS) is 13.0. The second-order valence-corrected chi connectivity index (χ2v) is 14.5. The summed E-state index contributed by atoms with van der Waals surface area (Å²) in [4.78, 5) is 6.63. The number of rotatable bonds is 7. The zero-order valence-corrected chi connectivity index (χ0v) is 31.1. The minimum Gasteiger partial charge on any atom is -0.457 e. The molecule has 0 aliphatic rings. The van der Waals surface area contributed by atoms with E-state index in [0.717, 1.165) is 88.8 Å². The molecule has 0 unspecified atom stereocenters. The quantitative estimate of drug-likeness (QED) is 0.166. The summed E-state index contributed by atoms with van der Waals surface area (Å²) in [6.45, 7) is 13.9. The molecule has 0 bridgehead atoms. The molecule has 0 aliphatic carbocycles. The molecule has 0 saturated carbocycles. The van der Waals surface area contributed by atoms with Crippen LogP contribution in [0.25, 0.3) is 60.8 Å². The first-order valence-electron chi connectivity index (χ1n) is 19.0. The Kier molecular flexibility index (Phi) is 7.16. The van der Waals surface area contributed by atoms with Crippen LogP contribution in [0.4, 0.5) is 0 Å². The van der Waals surface area contributed by atoms with Crippen molar-refractivity contribution in [3.8, 4) is 28.7 Å². The average molecular weight is 697 g/mol. The second-order valence-electron chi connectivity index (χ2n) is 14.5. The fourth-order valence-corrected chi connectivity index (χ4v) is 7.89. The van der Waals surface area contributed by atoms with E-state index in [-0.39, 0.29) is 0 Å². The summed E-state index contributed by atoms with van der Waals surface area (Å²) in [7, 11) is 0. The Hall–Kier alpha value is -6.21.